The molecule has 0 bridgehead atoms. The predicted octanol–water partition coefficient (Wildman–Crippen LogP) is 7.99. The number of carbonyl (C=O) groups is 4. The van der Waals surface area contributed by atoms with Gasteiger partial charge >= 0.3 is 12.2 Å². The Morgan fingerprint density at radius 1 is 0.841 bits per heavy atom. The number of aromatic amines is 2. The van der Waals surface area contributed by atoms with Gasteiger partial charge in [0.2, 0.25) is 5.91 Å². The zero-order valence-corrected chi connectivity index (χ0v) is 39.5. The van der Waals surface area contributed by atoms with Gasteiger partial charge < -0.3 is 54.1 Å². The van der Waals surface area contributed by atoms with E-state index in [0.29, 0.717) is 50.3 Å². The van der Waals surface area contributed by atoms with Gasteiger partial charge in [-0.15, -0.1) is 0 Å². The number of aromatic nitrogens is 4. The summed E-state index contributed by atoms with van der Waals surface area (Å²) in [5, 5.41) is 7.45. The number of hydrogen-bond donors (Lipinski definition) is 4. The maximum Gasteiger partial charge on any atom is 0.407 e. The summed E-state index contributed by atoms with van der Waals surface area (Å²) in [6, 6.07) is 20.0. The summed E-state index contributed by atoms with van der Waals surface area (Å²) in [5.74, 6) is 2.13. The summed E-state index contributed by atoms with van der Waals surface area (Å²) < 4.78 is 27.3. The summed E-state index contributed by atoms with van der Waals surface area (Å²) in [6.45, 7) is 3.51. The first kappa shape index (κ1) is 45.8. The van der Waals surface area contributed by atoms with E-state index in [1.807, 2.05) is 23.1 Å². The molecule has 6 aromatic rings. The Morgan fingerprint density at radius 2 is 1.67 bits per heavy atom. The van der Waals surface area contributed by atoms with Crippen LogP contribution in [0.3, 0.4) is 0 Å². The standard InChI is InChI=1S/C52H58N8O9/c1-28(66-3)44(57-51(63)67-4)49(61)60-25-29(26-65-2)19-42(60)47-53-24-40(55-47)33-14-16-36-35(21-33)27-69-43-23-37-32(22-38(36)43)15-17-39-46(37)56-48(54-39)41-13-8-18-59(41)50(62)45(58-52(64)68-5)34-12-7-11-31(20-34)30-9-6-10-30/h7,11-12,14-17,20-24,28-30,41-42,44-45H,6,8-10,13,18-19,25-27H2,1-5H3,(H,53,55)(H,54,56)(H,57,63)(H,58,64)/t28-,29+,41+,42+,44+,45-/m1/s1. The van der Waals surface area contributed by atoms with Crippen molar-refractivity contribution >= 4 is 45.8 Å². The van der Waals surface area contributed by atoms with Crippen LogP contribution in [0, 0.1) is 5.92 Å². The number of rotatable bonds is 13. The molecule has 17 nitrogen and oxygen atoms in total. The number of fused-ring (bicyclic) bond motifs is 6. The second-order valence-electron chi connectivity index (χ2n) is 18.7. The highest BCUT2D eigenvalue weighted by Crippen LogP contribution is 2.44. The van der Waals surface area contributed by atoms with Crippen LogP contribution in [-0.4, -0.2) is 114 Å². The molecule has 17 heteroatoms. The fraction of sp³-hybridized carbons (Fsp3) is 0.423. The molecule has 0 unspecified atom stereocenters. The third-order valence-electron chi connectivity index (χ3n) is 14.6. The van der Waals surface area contributed by atoms with Gasteiger partial charge in [0.15, 0.2) is 0 Å². The molecule has 4 amide bonds. The lowest BCUT2D eigenvalue weighted by molar-refractivity contribution is -0.138. The Bertz CT molecular complexity index is 2930. The second-order valence-corrected chi connectivity index (χ2v) is 18.7. The second kappa shape index (κ2) is 19.2. The van der Waals surface area contributed by atoms with E-state index in [-0.39, 0.29) is 29.8 Å². The normalized spacial score (nSPS) is 20.1. The van der Waals surface area contributed by atoms with E-state index >= 15 is 0 Å². The number of likely N-dealkylation sites (tertiary alicyclic amines) is 2. The van der Waals surface area contributed by atoms with E-state index in [0.717, 1.165) is 86.7 Å². The van der Waals surface area contributed by atoms with Gasteiger partial charge in [0.05, 0.1) is 61.9 Å². The van der Waals surface area contributed by atoms with E-state index in [9.17, 15) is 19.2 Å². The number of methoxy groups -OCH3 is 4. The first-order valence-corrected chi connectivity index (χ1v) is 23.7. The van der Waals surface area contributed by atoms with Crippen molar-refractivity contribution in [2.24, 2.45) is 5.92 Å². The molecule has 6 atom stereocenters. The number of benzene rings is 4. The first-order chi connectivity index (χ1) is 33.5. The number of nitrogens with one attached hydrogen (secondary N) is 4. The van der Waals surface area contributed by atoms with Gasteiger partial charge in [-0.1, -0.05) is 48.9 Å². The fourth-order valence-electron chi connectivity index (χ4n) is 10.6. The lowest BCUT2D eigenvalue weighted by Crippen LogP contribution is -2.54. The molecule has 10 rings (SSSR count). The SMILES string of the molecule is COC[C@H]1C[C@@H](c2ncc(-c3ccc4c(c3)COc3cc5c(ccc6nc([C@@H]7CCCN7C(=O)[C@H](NC(=O)OC)c7cccc(C8CCC8)c7)[nH]c65)cc3-4)[nH]2)N(C(=O)[C@@H](NC(=O)OC)[C@@H](C)OC)C1. The summed E-state index contributed by atoms with van der Waals surface area (Å²) in [7, 11) is 5.70. The number of carbonyl (C=O) groups excluding carboxylic acids is 4. The zero-order valence-electron chi connectivity index (χ0n) is 39.5. The van der Waals surface area contributed by atoms with E-state index < -0.39 is 30.4 Å². The van der Waals surface area contributed by atoms with E-state index in [2.05, 4.69) is 69.1 Å². The van der Waals surface area contributed by atoms with Crippen LogP contribution in [0.1, 0.15) is 97.8 Å². The monoisotopic (exact) mass is 938 g/mol. The molecule has 0 spiro atoms. The molecular formula is C52H58N8O9. The lowest BCUT2D eigenvalue weighted by atomic mass is 9.79. The van der Waals surface area contributed by atoms with Crippen molar-refractivity contribution in [3.63, 3.8) is 0 Å². The van der Waals surface area contributed by atoms with Crippen molar-refractivity contribution < 1.29 is 42.9 Å². The van der Waals surface area contributed by atoms with Gasteiger partial charge in [-0.2, -0.15) is 0 Å². The summed E-state index contributed by atoms with van der Waals surface area (Å²) >= 11 is 0. The van der Waals surface area contributed by atoms with E-state index in [4.69, 9.17) is 33.7 Å². The molecule has 1 saturated carbocycles. The number of hydrogen-bond acceptors (Lipinski definition) is 11. The third-order valence-corrected chi connectivity index (χ3v) is 14.6. The molecule has 4 aromatic carbocycles. The Kier molecular flexibility index (Phi) is 12.7. The van der Waals surface area contributed by atoms with Gasteiger partial charge in [0.1, 0.15) is 36.1 Å². The van der Waals surface area contributed by atoms with Crippen LogP contribution < -0.4 is 15.4 Å². The molecule has 360 valence electrons. The summed E-state index contributed by atoms with van der Waals surface area (Å²) in [4.78, 5) is 74.0. The van der Waals surface area contributed by atoms with Crippen molar-refractivity contribution in [2.75, 3.05) is 48.1 Å². The number of H-pyrrole nitrogens is 2. The van der Waals surface area contributed by atoms with Crippen LogP contribution in [0.2, 0.25) is 0 Å². The first-order valence-electron chi connectivity index (χ1n) is 23.7. The molecule has 69 heavy (non-hydrogen) atoms. The van der Waals surface area contributed by atoms with Crippen LogP contribution in [0.4, 0.5) is 9.59 Å². The minimum atomic E-state index is -0.966. The van der Waals surface area contributed by atoms with Crippen LogP contribution in [0.15, 0.2) is 72.9 Å². The Labute approximate surface area is 399 Å². The average molecular weight is 939 g/mol. The number of alkyl carbamates (subject to hydrolysis) is 2. The molecule has 2 aromatic heterocycles. The van der Waals surface area contributed by atoms with Gasteiger partial charge in [-0.05, 0) is 102 Å². The van der Waals surface area contributed by atoms with Crippen LogP contribution in [0.25, 0.3) is 44.2 Å². The summed E-state index contributed by atoms with van der Waals surface area (Å²) in [5.41, 5.74) is 8.35. The fourth-order valence-corrected chi connectivity index (χ4v) is 10.6. The molecular weight excluding hydrogens is 881 g/mol. The molecule has 3 aliphatic heterocycles. The molecule has 5 heterocycles. The molecule has 4 aliphatic rings. The highest BCUT2D eigenvalue weighted by atomic mass is 16.5. The van der Waals surface area contributed by atoms with Gasteiger partial charge in [0, 0.05) is 44.2 Å². The molecule has 2 saturated heterocycles. The lowest BCUT2D eigenvalue weighted by Gasteiger charge is -2.30. The van der Waals surface area contributed by atoms with Crippen molar-refractivity contribution in [2.45, 2.75) is 88.2 Å². The summed E-state index contributed by atoms with van der Waals surface area (Å²) in [6.07, 6.45) is 5.40. The van der Waals surface area contributed by atoms with Gasteiger partial charge in [0.25, 0.3) is 5.91 Å². The van der Waals surface area contributed by atoms with Crippen LogP contribution >= 0.6 is 0 Å². The number of imidazole rings is 2. The minimum Gasteiger partial charge on any atom is -0.488 e. The third kappa shape index (κ3) is 8.73. The maximum atomic E-state index is 14.5. The Morgan fingerprint density at radius 3 is 2.43 bits per heavy atom. The molecule has 3 fully saturated rings. The number of ether oxygens (including phenoxy) is 5. The quantitative estimate of drug-likeness (QED) is 0.0874. The van der Waals surface area contributed by atoms with Crippen molar-refractivity contribution in [1.82, 2.24) is 40.4 Å². The number of nitrogens with zero attached hydrogens (tertiary/aromatic N) is 4. The highest BCUT2D eigenvalue weighted by Gasteiger charge is 2.43. The van der Waals surface area contributed by atoms with E-state index in [1.165, 1.54) is 33.3 Å². The predicted molar refractivity (Wildman–Crippen MR) is 256 cm³/mol. The van der Waals surface area contributed by atoms with Crippen molar-refractivity contribution in [3.05, 3.63) is 101 Å². The smallest absolute Gasteiger partial charge is 0.407 e. The Hall–Kier alpha value is -6.98. The molecule has 0 radical (unpaired) electrons. The average Bonchev–Trinajstić information content (AvgIpc) is 4.20. The van der Waals surface area contributed by atoms with Crippen LogP contribution in [-0.2, 0) is 35.1 Å². The van der Waals surface area contributed by atoms with Gasteiger partial charge in [-0.25, -0.2) is 19.6 Å². The van der Waals surface area contributed by atoms with Crippen LogP contribution in [0.5, 0.6) is 5.75 Å². The largest absolute Gasteiger partial charge is 0.488 e. The minimum absolute atomic E-state index is 0.0622. The molecule has 4 N–H and O–H groups in total. The Balaban J connectivity index is 0.896. The highest BCUT2D eigenvalue weighted by molar-refractivity contribution is 6.07. The maximum absolute atomic E-state index is 14.5. The van der Waals surface area contributed by atoms with E-state index in [1.54, 1.807) is 25.1 Å². The van der Waals surface area contributed by atoms with Gasteiger partial charge in [-0.3, -0.25) is 9.59 Å². The number of amides is 4. The zero-order chi connectivity index (χ0) is 47.9. The molecule has 1 aliphatic carbocycles. The van der Waals surface area contributed by atoms with Crippen molar-refractivity contribution in [3.8, 4) is 28.1 Å². The van der Waals surface area contributed by atoms with Crippen molar-refractivity contribution in [1.29, 1.82) is 0 Å². The topological polar surface area (TPSA) is 202 Å².